The molecule has 0 fully saturated rings. The number of anilines is 1. The van der Waals surface area contributed by atoms with Gasteiger partial charge in [-0.15, -0.1) is 0 Å². The van der Waals surface area contributed by atoms with Crippen molar-refractivity contribution >= 4 is 5.82 Å². The number of hydrogen-bond acceptors (Lipinski definition) is 3. The van der Waals surface area contributed by atoms with Crippen LogP contribution >= 0.6 is 0 Å². The average molecular weight is 228 g/mol. The second kappa shape index (κ2) is 6.01. The number of benzene rings is 1. The minimum Gasteiger partial charge on any atom is -0.392 e. The summed E-state index contributed by atoms with van der Waals surface area (Å²) in [5.74, 6) is 0.769. The van der Waals surface area contributed by atoms with E-state index in [1.807, 2.05) is 30.3 Å². The van der Waals surface area contributed by atoms with Crippen LogP contribution in [0.25, 0.3) is 0 Å². The summed E-state index contributed by atoms with van der Waals surface area (Å²) in [6.45, 7) is 0.829. The third-order valence-corrected chi connectivity index (χ3v) is 2.61. The fraction of sp³-hybridized carbons (Fsp3) is 0.214. The maximum atomic E-state index is 9.15. The van der Waals surface area contributed by atoms with Crippen LogP contribution in [0.1, 0.15) is 11.1 Å². The first-order chi connectivity index (χ1) is 8.40. The second-order valence-corrected chi connectivity index (χ2v) is 3.83. The molecule has 3 nitrogen and oxygen atoms in total. The molecule has 0 atom stereocenters. The monoisotopic (exact) mass is 228 g/mol. The maximum Gasteiger partial charge on any atom is 0.131 e. The van der Waals surface area contributed by atoms with E-state index in [-0.39, 0.29) is 6.61 Å². The van der Waals surface area contributed by atoms with Crippen LogP contribution in [0.15, 0.2) is 48.7 Å². The van der Waals surface area contributed by atoms with Crippen LogP contribution in [0, 0.1) is 0 Å². The molecule has 0 aliphatic rings. The minimum atomic E-state index is 0.0154. The van der Waals surface area contributed by atoms with Gasteiger partial charge in [-0.3, -0.25) is 0 Å². The molecule has 1 heterocycles. The van der Waals surface area contributed by atoms with E-state index < -0.39 is 0 Å². The molecule has 0 amide bonds. The molecule has 0 saturated carbocycles. The number of rotatable bonds is 5. The fourth-order valence-corrected chi connectivity index (χ4v) is 1.70. The molecule has 2 rings (SSSR count). The number of hydrogen-bond donors (Lipinski definition) is 2. The predicted octanol–water partition coefficient (Wildman–Crippen LogP) is 2.23. The van der Waals surface area contributed by atoms with Gasteiger partial charge >= 0.3 is 0 Å². The third-order valence-electron chi connectivity index (χ3n) is 2.61. The van der Waals surface area contributed by atoms with Gasteiger partial charge < -0.3 is 10.4 Å². The molecule has 0 saturated heterocycles. The van der Waals surface area contributed by atoms with Gasteiger partial charge in [0.2, 0.25) is 0 Å². The van der Waals surface area contributed by atoms with E-state index >= 15 is 0 Å². The van der Waals surface area contributed by atoms with Gasteiger partial charge in [0.1, 0.15) is 5.82 Å². The van der Waals surface area contributed by atoms with E-state index in [1.54, 1.807) is 6.20 Å². The van der Waals surface area contributed by atoms with Crippen LogP contribution in [0.2, 0.25) is 0 Å². The molecule has 2 N–H and O–H groups in total. The van der Waals surface area contributed by atoms with Crippen molar-refractivity contribution in [2.45, 2.75) is 13.0 Å². The van der Waals surface area contributed by atoms with Gasteiger partial charge in [-0.25, -0.2) is 4.98 Å². The zero-order chi connectivity index (χ0) is 11.9. The number of nitrogens with one attached hydrogen (secondary N) is 1. The minimum absolute atomic E-state index is 0.0154. The summed E-state index contributed by atoms with van der Waals surface area (Å²) in [7, 11) is 0. The molecule has 0 unspecified atom stereocenters. The molecule has 0 aliphatic heterocycles. The van der Waals surface area contributed by atoms with Crippen LogP contribution in [-0.4, -0.2) is 16.6 Å². The van der Waals surface area contributed by atoms with Crippen LogP contribution in [0.4, 0.5) is 5.82 Å². The summed E-state index contributed by atoms with van der Waals surface area (Å²) >= 11 is 0. The van der Waals surface area contributed by atoms with Crippen LogP contribution in [-0.2, 0) is 13.0 Å². The zero-order valence-corrected chi connectivity index (χ0v) is 9.63. The van der Waals surface area contributed by atoms with Crippen molar-refractivity contribution in [3.63, 3.8) is 0 Å². The summed E-state index contributed by atoms with van der Waals surface area (Å²) in [6, 6.07) is 14.0. The summed E-state index contributed by atoms with van der Waals surface area (Å²) in [5, 5.41) is 12.4. The first kappa shape index (κ1) is 11.6. The van der Waals surface area contributed by atoms with Gasteiger partial charge in [0.15, 0.2) is 0 Å². The Hall–Kier alpha value is -1.87. The average Bonchev–Trinajstić information content (AvgIpc) is 2.40. The molecule has 1 aromatic carbocycles. The molecule has 2 aromatic rings. The Kier molecular flexibility index (Phi) is 4.11. The highest BCUT2D eigenvalue weighted by Gasteiger charge is 2.00. The SMILES string of the molecule is OCc1cccnc1NCCc1ccccc1. The second-order valence-electron chi connectivity index (χ2n) is 3.83. The summed E-state index contributed by atoms with van der Waals surface area (Å²) in [5.41, 5.74) is 2.13. The van der Waals surface area contributed by atoms with Crippen LogP contribution < -0.4 is 5.32 Å². The number of pyridine rings is 1. The van der Waals surface area contributed by atoms with Crippen molar-refractivity contribution in [3.05, 3.63) is 59.8 Å². The quantitative estimate of drug-likeness (QED) is 0.825. The fourth-order valence-electron chi connectivity index (χ4n) is 1.70. The Labute approximate surface area is 101 Å². The lowest BCUT2D eigenvalue weighted by Crippen LogP contribution is -2.08. The molecular weight excluding hydrogens is 212 g/mol. The standard InChI is InChI=1S/C14H16N2O/c17-11-13-7-4-9-15-14(13)16-10-8-12-5-2-1-3-6-12/h1-7,9,17H,8,10-11H2,(H,15,16). The maximum absolute atomic E-state index is 9.15. The first-order valence-corrected chi connectivity index (χ1v) is 5.72. The van der Waals surface area contributed by atoms with E-state index in [4.69, 9.17) is 5.11 Å². The first-order valence-electron chi connectivity index (χ1n) is 5.72. The molecule has 88 valence electrons. The van der Waals surface area contributed by atoms with Gasteiger partial charge in [0.25, 0.3) is 0 Å². The van der Waals surface area contributed by atoms with E-state index in [1.165, 1.54) is 5.56 Å². The Bertz CT molecular complexity index is 457. The summed E-state index contributed by atoms with van der Waals surface area (Å²) in [4.78, 5) is 4.21. The molecular formula is C14H16N2O. The summed E-state index contributed by atoms with van der Waals surface area (Å²) < 4.78 is 0. The van der Waals surface area contributed by atoms with Crippen molar-refractivity contribution < 1.29 is 5.11 Å². The summed E-state index contributed by atoms with van der Waals surface area (Å²) in [6.07, 6.45) is 2.67. The number of aliphatic hydroxyl groups excluding tert-OH is 1. The Morgan fingerprint density at radius 1 is 1.06 bits per heavy atom. The Morgan fingerprint density at radius 2 is 1.88 bits per heavy atom. The largest absolute Gasteiger partial charge is 0.392 e. The predicted molar refractivity (Wildman–Crippen MR) is 68.8 cm³/mol. The highest BCUT2D eigenvalue weighted by Crippen LogP contribution is 2.11. The number of nitrogens with zero attached hydrogens (tertiary/aromatic N) is 1. The highest BCUT2D eigenvalue weighted by molar-refractivity contribution is 5.43. The third kappa shape index (κ3) is 3.29. The van der Waals surface area contributed by atoms with Crippen molar-refractivity contribution in [3.8, 4) is 0 Å². The smallest absolute Gasteiger partial charge is 0.131 e. The van der Waals surface area contributed by atoms with Gasteiger partial charge in [-0.2, -0.15) is 0 Å². The van der Waals surface area contributed by atoms with E-state index in [0.717, 1.165) is 24.3 Å². The number of aliphatic hydroxyl groups is 1. The lowest BCUT2D eigenvalue weighted by molar-refractivity contribution is 0.282. The zero-order valence-electron chi connectivity index (χ0n) is 9.63. The van der Waals surface area contributed by atoms with Gasteiger partial charge in [0, 0.05) is 18.3 Å². The molecule has 3 heteroatoms. The molecule has 17 heavy (non-hydrogen) atoms. The van der Waals surface area contributed by atoms with E-state index in [2.05, 4.69) is 22.4 Å². The van der Waals surface area contributed by atoms with Gasteiger partial charge in [0.05, 0.1) is 6.61 Å². The molecule has 0 spiro atoms. The van der Waals surface area contributed by atoms with Crippen molar-refractivity contribution in [2.24, 2.45) is 0 Å². The van der Waals surface area contributed by atoms with Crippen LogP contribution in [0.5, 0.6) is 0 Å². The van der Waals surface area contributed by atoms with Crippen LogP contribution in [0.3, 0.4) is 0 Å². The normalized spacial score (nSPS) is 10.2. The molecule has 0 radical (unpaired) electrons. The topological polar surface area (TPSA) is 45.2 Å². The lowest BCUT2D eigenvalue weighted by Gasteiger charge is -2.08. The van der Waals surface area contributed by atoms with E-state index in [9.17, 15) is 0 Å². The molecule has 0 bridgehead atoms. The van der Waals surface area contributed by atoms with Gasteiger partial charge in [-0.1, -0.05) is 36.4 Å². The Balaban J connectivity index is 1.90. The number of aromatic nitrogens is 1. The van der Waals surface area contributed by atoms with E-state index in [0.29, 0.717) is 0 Å². The Morgan fingerprint density at radius 3 is 2.65 bits per heavy atom. The van der Waals surface area contributed by atoms with Crippen molar-refractivity contribution in [1.29, 1.82) is 0 Å². The highest BCUT2D eigenvalue weighted by atomic mass is 16.3. The van der Waals surface area contributed by atoms with Crippen molar-refractivity contribution in [2.75, 3.05) is 11.9 Å². The molecule has 0 aliphatic carbocycles. The van der Waals surface area contributed by atoms with Crippen molar-refractivity contribution in [1.82, 2.24) is 4.98 Å². The molecule has 1 aromatic heterocycles. The lowest BCUT2D eigenvalue weighted by atomic mass is 10.1. The van der Waals surface area contributed by atoms with Gasteiger partial charge in [-0.05, 0) is 18.1 Å².